The minimum atomic E-state index is -0.778. The highest BCUT2D eigenvalue weighted by atomic mass is 16.5. The summed E-state index contributed by atoms with van der Waals surface area (Å²) in [6, 6.07) is 17.3. The molecule has 3 heterocycles. The maximum Gasteiger partial charge on any atom is 0.296 e. The topological polar surface area (TPSA) is 95.8 Å². The van der Waals surface area contributed by atoms with Crippen molar-refractivity contribution in [1.82, 2.24) is 9.88 Å². The highest BCUT2D eigenvalue weighted by Gasteiger charge is 2.46. The van der Waals surface area contributed by atoms with E-state index in [1.165, 1.54) is 11.2 Å². The van der Waals surface area contributed by atoms with Crippen LogP contribution in [0.4, 0.5) is 0 Å². The molecule has 0 spiro atoms. The van der Waals surface area contributed by atoms with Crippen LogP contribution in [0.1, 0.15) is 29.9 Å². The molecule has 1 unspecified atom stereocenters. The van der Waals surface area contributed by atoms with E-state index in [-0.39, 0.29) is 17.9 Å². The fourth-order valence-electron chi connectivity index (χ4n) is 4.29. The second kappa shape index (κ2) is 8.35. The van der Waals surface area contributed by atoms with E-state index in [1.54, 1.807) is 42.6 Å². The van der Waals surface area contributed by atoms with Crippen LogP contribution in [0.5, 0.6) is 5.75 Å². The van der Waals surface area contributed by atoms with Crippen molar-refractivity contribution in [2.24, 2.45) is 0 Å². The summed E-state index contributed by atoms with van der Waals surface area (Å²) >= 11 is 0. The number of H-pyrrole nitrogens is 1. The van der Waals surface area contributed by atoms with Crippen LogP contribution in [0.2, 0.25) is 0 Å². The summed E-state index contributed by atoms with van der Waals surface area (Å²) in [5.74, 6) is -0.415. The number of aromatic amines is 1. The van der Waals surface area contributed by atoms with Gasteiger partial charge in [0.2, 0.25) is 0 Å². The summed E-state index contributed by atoms with van der Waals surface area (Å²) in [4.78, 5) is 30.8. The molecule has 1 aliphatic heterocycles. The molecule has 2 aromatic carbocycles. The highest BCUT2D eigenvalue weighted by molar-refractivity contribution is 6.46. The number of nitrogens with zero attached hydrogens (tertiary/aromatic N) is 1. The number of likely N-dealkylation sites (tertiary alicyclic amines) is 1. The second-order valence-corrected chi connectivity index (χ2v) is 7.76. The maximum atomic E-state index is 13.2. The number of amides is 1. The van der Waals surface area contributed by atoms with Crippen LogP contribution in [-0.2, 0) is 16.1 Å². The molecule has 166 valence electrons. The molecule has 0 radical (unpaired) electrons. The summed E-state index contributed by atoms with van der Waals surface area (Å²) < 4.78 is 11.0. The first kappa shape index (κ1) is 20.6. The number of aliphatic hydroxyl groups excluding tert-OH is 1. The lowest BCUT2D eigenvalue weighted by Gasteiger charge is -2.24. The Hall–Kier alpha value is -4.26. The van der Waals surface area contributed by atoms with Crippen LogP contribution in [0.15, 0.2) is 83.1 Å². The third-order valence-corrected chi connectivity index (χ3v) is 5.80. The predicted octanol–water partition coefficient (Wildman–Crippen LogP) is 4.78. The van der Waals surface area contributed by atoms with Gasteiger partial charge in [0.05, 0.1) is 31.0 Å². The second-order valence-electron chi connectivity index (χ2n) is 7.76. The number of fused-ring (bicyclic) bond motifs is 1. The molecule has 1 amide bonds. The number of aliphatic hydroxyl groups is 1. The van der Waals surface area contributed by atoms with Crippen LogP contribution in [0, 0.1) is 0 Å². The molecule has 33 heavy (non-hydrogen) atoms. The highest BCUT2D eigenvalue weighted by Crippen LogP contribution is 2.41. The third-order valence-electron chi connectivity index (χ3n) is 5.80. The number of ether oxygens (including phenoxy) is 1. The van der Waals surface area contributed by atoms with Gasteiger partial charge >= 0.3 is 0 Å². The number of aromatic nitrogens is 1. The van der Waals surface area contributed by atoms with E-state index in [9.17, 15) is 14.7 Å². The first-order valence-electron chi connectivity index (χ1n) is 10.7. The summed E-state index contributed by atoms with van der Waals surface area (Å²) in [5.41, 5.74) is 2.02. The van der Waals surface area contributed by atoms with E-state index in [0.717, 1.165) is 10.9 Å². The quantitative estimate of drug-likeness (QED) is 0.255. The average molecular weight is 442 g/mol. The molecule has 0 bridgehead atoms. The smallest absolute Gasteiger partial charge is 0.296 e. The molecule has 1 atom stereocenters. The molecule has 0 saturated carbocycles. The van der Waals surface area contributed by atoms with Crippen LogP contribution < -0.4 is 4.74 Å². The molecule has 1 aliphatic rings. The van der Waals surface area contributed by atoms with Crippen LogP contribution in [0.25, 0.3) is 16.7 Å². The van der Waals surface area contributed by atoms with Gasteiger partial charge in [0.15, 0.2) is 0 Å². The number of hydrogen-bond donors (Lipinski definition) is 2. The van der Waals surface area contributed by atoms with Gasteiger partial charge in [-0.15, -0.1) is 0 Å². The number of benzene rings is 2. The number of ketones is 1. The Morgan fingerprint density at radius 3 is 2.61 bits per heavy atom. The zero-order valence-corrected chi connectivity index (χ0v) is 17.9. The molecule has 5 rings (SSSR count). The van der Waals surface area contributed by atoms with Gasteiger partial charge in [0, 0.05) is 22.7 Å². The van der Waals surface area contributed by atoms with Crippen molar-refractivity contribution in [3.63, 3.8) is 0 Å². The van der Waals surface area contributed by atoms with E-state index >= 15 is 0 Å². The van der Waals surface area contributed by atoms with Gasteiger partial charge in [-0.1, -0.05) is 30.3 Å². The van der Waals surface area contributed by atoms with Crippen LogP contribution in [-0.4, -0.2) is 33.3 Å². The molecule has 4 aromatic rings. The monoisotopic (exact) mass is 442 g/mol. The Bertz CT molecular complexity index is 1350. The molecular formula is C26H22N2O5. The molecular weight excluding hydrogens is 420 g/mol. The Morgan fingerprint density at radius 2 is 1.88 bits per heavy atom. The predicted molar refractivity (Wildman–Crippen MR) is 122 cm³/mol. The maximum absolute atomic E-state index is 13.2. The van der Waals surface area contributed by atoms with Crippen molar-refractivity contribution in [2.45, 2.75) is 19.5 Å². The van der Waals surface area contributed by atoms with Gasteiger partial charge in [-0.3, -0.25) is 9.59 Å². The van der Waals surface area contributed by atoms with Crippen molar-refractivity contribution in [3.8, 4) is 5.75 Å². The number of carbonyl (C=O) groups is 2. The van der Waals surface area contributed by atoms with E-state index in [0.29, 0.717) is 29.2 Å². The van der Waals surface area contributed by atoms with Gasteiger partial charge in [-0.05, 0) is 42.8 Å². The number of para-hydroxylation sites is 1. The van der Waals surface area contributed by atoms with E-state index in [2.05, 4.69) is 4.98 Å². The zero-order valence-electron chi connectivity index (χ0n) is 17.9. The summed E-state index contributed by atoms with van der Waals surface area (Å²) in [7, 11) is 0. The Morgan fingerprint density at radius 1 is 1.09 bits per heavy atom. The van der Waals surface area contributed by atoms with Crippen molar-refractivity contribution in [3.05, 3.63) is 95.6 Å². The van der Waals surface area contributed by atoms with Gasteiger partial charge in [0.25, 0.3) is 11.7 Å². The van der Waals surface area contributed by atoms with Crippen LogP contribution in [0.3, 0.4) is 0 Å². The number of Topliss-reactive ketones (excluding diaryl/α,β-unsaturated/α-hetero) is 1. The number of rotatable bonds is 6. The van der Waals surface area contributed by atoms with E-state index in [1.807, 2.05) is 31.2 Å². The molecule has 7 nitrogen and oxygen atoms in total. The van der Waals surface area contributed by atoms with Crippen molar-refractivity contribution >= 4 is 28.4 Å². The zero-order chi connectivity index (χ0) is 22.9. The minimum absolute atomic E-state index is 0.0421. The molecule has 7 heteroatoms. The number of nitrogens with one attached hydrogen (secondary N) is 1. The van der Waals surface area contributed by atoms with Crippen LogP contribution >= 0.6 is 0 Å². The summed E-state index contributed by atoms with van der Waals surface area (Å²) in [5, 5.41) is 12.1. The van der Waals surface area contributed by atoms with Gasteiger partial charge in [0.1, 0.15) is 17.3 Å². The van der Waals surface area contributed by atoms with E-state index < -0.39 is 17.7 Å². The fraction of sp³-hybridized carbons (Fsp3) is 0.154. The molecule has 1 saturated heterocycles. The number of furan rings is 1. The Labute approximate surface area is 189 Å². The first-order chi connectivity index (χ1) is 16.1. The van der Waals surface area contributed by atoms with Crippen molar-refractivity contribution < 1.29 is 23.8 Å². The SMILES string of the molecule is CCOc1ccc(C2/C(=C(/O)c3c[nH]c4ccccc34)C(=O)C(=O)N2Cc2ccco2)cc1. The lowest BCUT2D eigenvalue weighted by atomic mass is 9.95. The Kier molecular flexibility index (Phi) is 5.22. The summed E-state index contributed by atoms with van der Waals surface area (Å²) in [6.45, 7) is 2.52. The largest absolute Gasteiger partial charge is 0.507 e. The standard InChI is InChI=1S/C26H22N2O5/c1-2-32-17-11-9-16(10-12-17)23-22(24(29)20-14-27-21-8-4-3-7-19(20)21)25(30)26(31)28(23)15-18-6-5-13-33-18/h3-14,23,27,29H,2,15H2,1H3/b24-22-. The van der Waals surface area contributed by atoms with Gasteiger partial charge < -0.3 is 24.1 Å². The number of hydrogen-bond acceptors (Lipinski definition) is 5. The Balaban J connectivity index is 1.66. The lowest BCUT2D eigenvalue weighted by Crippen LogP contribution is -2.29. The molecule has 2 aromatic heterocycles. The first-order valence-corrected chi connectivity index (χ1v) is 10.7. The summed E-state index contributed by atoms with van der Waals surface area (Å²) in [6.07, 6.45) is 3.17. The van der Waals surface area contributed by atoms with Crippen molar-refractivity contribution in [1.29, 1.82) is 0 Å². The van der Waals surface area contributed by atoms with Crippen molar-refractivity contribution in [2.75, 3.05) is 6.61 Å². The lowest BCUT2D eigenvalue weighted by molar-refractivity contribution is -0.140. The minimum Gasteiger partial charge on any atom is -0.507 e. The fourth-order valence-corrected chi connectivity index (χ4v) is 4.29. The normalized spacial score (nSPS) is 17.7. The molecule has 0 aliphatic carbocycles. The van der Waals surface area contributed by atoms with Gasteiger partial charge in [-0.25, -0.2) is 0 Å². The van der Waals surface area contributed by atoms with Gasteiger partial charge in [-0.2, -0.15) is 0 Å². The van der Waals surface area contributed by atoms with E-state index in [4.69, 9.17) is 9.15 Å². The average Bonchev–Trinajstić information content (AvgIpc) is 3.55. The molecule has 1 fully saturated rings. The third kappa shape index (κ3) is 3.57. The number of carbonyl (C=O) groups excluding carboxylic acids is 2. The molecule has 2 N–H and O–H groups in total.